The lowest BCUT2D eigenvalue weighted by atomic mass is 10.1. The molecule has 0 bridgehead atoms. The number of nitrogens with zero attached hydrogens (tertiary/aromatic N) is 2. The van der Waals surface area contributed by atoms with Crippen LogP contribution in [0.25, 0.3) is 10.4 Å². The van der Waals surface area contributed by atoms with E-state index in [0.29, 0.717) is 13.0 Å². The molecule has 1 fully saturated rings. The maximum Gasteiger partial charge on any atom is 0.273 e. The minimum atomic E-state index is -1.79. The SMILES string of the molecule is CN[C@@H](C)C(=O)N1CCCC1(O)C(=O)NCc1ccc(-c2scnc2C)cc1. The highest BCUT2D eigenvalue weighted by molar-refractivity contribution is 7.13. The van der Waals surface area contributed by atoms with Gasteiger partial charge in [0.1, 0.15) is 0 Å². The second kappa shape index (κ2) is 8.38. The van der Waals surface area contributed by atoms with Crippen molar-refractivity contribution in [1.29, 1.82) is 0 Å². The molecule has 1 unspecified atom stereocenters. The summed E-state index contributed by atoms with van der Waals surface area (Å²) in [5, 5.41) is 16.5. The van der Waals surface area contributed by atoms with Crippen molar-refractivity contribution >= 4 is 23.2 Å². The fourth-order valence-corrected chi connectivity index (χ4v) is 4.18. The number of hydrogen-bond acceptors (Lipinski definition) is 6. The maximum atomic E-state index is 12.7. The van der Waals surface area contributed by atoms with Gasteiger partial charge in [0.15, 0.2) is 0 Å². The topological polar surface area (TPSA) is 94.6 Å². The third-order valence-corrected chi connectivity index (χ3v) is 6.18. The first-order valence-electron chi connectivity index (χ1n) is 9.35. The van der Waals surface area contributed by atoms with Crippen LogP contribution in [0, 0.1) is 6.92 Å². The molecule has 3 rings (SSSR count). The molecule has 0 spiro atoms. The lowest BCUT2D eigenvalue weighted by Gasteiger charge is -2.33. The van der Waals surface area contributed by atoms with E-state index in [1.54, 1.807) is 25.3 Å². The van der Waals surface area contributed by atoms with E-state index in [1.807, 2.05) is 36.7 Å². The summed E-state index contributed by atoms with van der Waals surface area (Å²) in [6, 6.07) is 7.42. The monoisotopic (exact) mass is 402 g/mol. The summed E-state index contributed by atoms with van der Waals surface area (Å²) < 4.78 is 0. The van der Waals surface area contributed by atoms with Gasteiger partial charge in [-0.25, -0.2) is 4.98 Å². The van der Waals surface area contributed by atoms with Gasteiger partial charge < -0.3 is 20.6 Å². The minimum absolute atomic E-state index is 0.241. The highest BCUT2D eigenvalue weighted by Crippen LogP contribution is 2.29. The molecule has 1 aromatic carbocycles. The van der Waals surface area contributed by atoms with Crippen molar-refractivity contribution in [2.75, 3.05) is 13.6 Å². The summed E-state index contributed by atoms with van der Waals surface area (Å²) >= 11 is 1.59. The van der Waals surface area contributed by atoms with E-state index in [1.165, 1.54) is 4.90 Å². The van der Waals surface area contributed by atoms with Gasteiger partial charge in [0, 0.05) is 19.5 Å². The van der Waals surface area contributed by atoms with E-state index in [2.05, 4.69) is 15.6 Å². The summed E-state index contributed by atoms with van der Waals surface area (Å²) in [6.07, 6.45) is 0.833. The van der Waals surface area contributed by atoms with Gasteiger partial charge in [0.2, 0.25) is 11.6 Å². The van der Waals surface area contributed by atoms with Crippen LogP contribution in [0.15, 0.2) is 29.8 Å². The van der Waals surface area contributed by atoms with Crippen molar-refractivity contribution in [3.05, 3.63) is 41.0 Å². The molecule has 0 saturated carbocycles. The Kier molecular flexibility index (Phi) is 6.12. The van der Waals surface area contributed by atoms with Crippen molar-refractivity contribution in [3.8, 4) is 10.4 Å². The molecule has 2 atom stereocenters. The van der Waals surface area contributed by atoms with Crippen LogP contribution in [0.5, 0.6) is 0 Å². The van der Waals surface area contributed by atoms with Crippen LogP contribution in [0.1, 0.15) is 31.0 Å². The Morgan fingerprint density at radius 1 is 1.36 bits per heavy atom. The molecule has 8 heteroatoms. The zero-order valence-electron chi connectivity index (χ0n) is 16.4. The Morgan fingerprint density at radius 3 is 2.68 bits per heavy atom. The number of thiazole rings is 1. The number of aromatic nitrogens is 1. The first kappa shape index (κ1) is 20.4. The zero-order valence-corrected chi connectivity index (χ0v) is 17.2. The quantitative estimate of drug-likeness (QED) is 0.683. The highest BCUT2D eigenvalue weighted by atomic mass is 32.1. The van der Waals surface area contributed by atoms with Crippen LogP contribution in [0.2, 0.25) is 0 Å². The summed E-state index contributed by atoms with van der Waals surface area (Å²) in [7, 11) is 1.68. The second-order valence-electron chi connectivity index (χ2n) is 7.07. The van der Waals surface area contributed by atoms with Gasteiger partial charge in [0.05, 0.1) is 22.1 Å². The molecule has 0 aliphatic carbocycles. The first-order valence-corrected chi connectivity index (χ1v) is 10.2. The van der Waals surface area contributed by atoms with Gasteiger partial charge in [-0.2, -0.15) is 0 Å². The molecule has 2 amide bonds. The summed E-state index contributed by atoms with van der Waals surface area (Å²) in [5.41, 5.74) is 3.03. The predicted octanol–water partition coefficient (Wildman–Crippen LogP) is 1.65. The summed E-state index contributed by atoms with van der Waals surface area (Å²) in [5.74, 6) is -0.814. The fraction of sp³-hybridized carbons (Fsp3) is 0.450. The van der Waals surface area contributed by atoms with Crippen molar-refractivity contribution < 1.29 is 14.7 Å². The lowest BCUT2D eigenvalue weighted by molar-refractivity contribution is -0.169. The number of likely N-dealkylation sites (tertiary alicyclic amines) is 1. The standard InChI is InChI=1S/C20H26N4O3S/c1-13-17(28-12-23-13)16-7-5-15(6-8-16)11-22-19(26)20(27)9-4-10-24(20)18(25)14(2)21-3/h5-8,12,14,21,27H,4,9-11H2,1-3H3,(H,22,26)/t14-,20?/m0/s1. The minimum Gasteiger partial charge on any atom is -0.363 e. The highest BCUT2D eigenvalue weighted by Gasteiger charge is 2.48. The lowest BCUT2D eigenvalue weighted by Crippen LogP contribution is -2.60. The van der Waals surface area contributed by atoms with Crippen LogP contribution < -0.4 is 10.6 Å². The predicted molar refractivity (Wildman–Crippen MR) is 109 cm³/mol. The smallest absolute Gasteiger partial charge is 0.273 e. The molecule has 1 saturated heterocycles. The normalized spacial score (nSPS) is 20.2. The average Bonchev–Trinajstić information content (AvgIpc) is 3.31. The largest absolute Gasteiger partial charge is 0.363 e. The number of amides is 2. The number of carbonyl (C=O) groups is 2. The van der Waals surface area contributed by atoms with Crippen LogP contribution >= 0.6 is 11.3 Å². The van der Waals surface area contributed by atoms with E-state index in [4.69, 9.17) is 0 Å². The number of rotatable bonds is 6. The second-order valence-corrected chi connectivity index (χ2v) is 7.92. The maximum absolute atomic E-state index is 12.7. The van der Waals surface area contributed by atoms with Crippen molar-refractivity contribution in [1.82, 2.24) is 20.5 Å². The molecular weight excluding hydrogens is 376 g/mol. The summed E-state index contributed by atoms with van der Waals surface area (Å²) in [4.78, 5) is 31.8. The van der Waals surface area contributed by atoms with E-state index >= 15 is 0 Å². The fourth-order valence-electron chi connectivity index (χ4n) is 3.37. The van der Waals surface area contributed by atoms with Crippen molar-refractivity contribution in [2.24, 2.45) is 0 Å². The first-order chi connectivity index (χ1) is 13.4. The number of benzene rings is 1. The van der Waals surface area contributed by atoms with Gasteiger partial charge in [-0.3, -0.25) is 9.59 Å². The van der Waals surface area contributed by atoms with Crippen molar-refractivity contribution in [2.45, 2.75) is 45.0 Å². The number of aliphatic hydroxyl groups is 1. The van der Waals surface area contributed by atoms with Gasteiger partial charge in [-0.15, -0.1) is 11.3 Å². The molecule has 7 nitrogen and oxygen atoms in total. The molecule has 1 aromatic heterocycles. The molecular formula is C20H26N4O3S. The number of carbonyl (C=O) groups excluding carboxylic acids is 2. The van der Waals surface area contributed by atoms with Gasteiger partial charge in [0.25, 0.3) is 5.91 Å². The molecule has 3 N–H and O–H groups in total. The van der Waals surface area contributed by atoms with Crippen LogP contribution in [0.3, 0.4) is 0 Å². The third-order valence-electron chi connectivity index (χ3n) is 5.20. The molecule has 28 heavy (non-hydrogen) atoms. The van der Waals surface area contributed by atoms with Crippen LogP contribution in [-0.4, -0.2) is 52.2 Å². The zero-order chi connectivity index (χ0) is 20.3. The number of hydrogen-bond donors (Lipinski definition) is 3. The van der Waals surface area contributed by atoms with E-state index in [0.717, 1.165) is 21.7 Å². The Hall–Kier alpha value is -2.29. The number of nitrogens with one attached hydrogen (secondary N) is 2. The van der Waals surface area contributed by atoms with Crippen LogP contribution in [0.4, 0.5) is 0 Å². The summed E-state index contributed by atoms with van der Waals surface area (Å²) in [6.45, 7) is 4.35. The van der Waals surface area contributed by atoms with Gasteiger partial charge >= 0.3 is 0 Å². The number of aryl methyl sites for hydroxylation is 1. The Balaban J connectivity index is 1.64. The Bertz CT molecular complexity index is 851. The number of likely N-dealkylation sites (N-methyl/N-ethyl adjacent to an activating group) is 1. The van der Waals surface area contributed by atoms with Crippen LogP contribution in [-0.2, 0) is 16.1 Å². The molecule has 0 radical (unpaired) electrons. The van der Waals surface area contributed by atoms with Gasteiger partial charge in [-0.1, -0.05) is 24.3 Å². The Morgan fingerprint density at radius 2 is 2.07 bits per heavy atom. The Labute approximate surface area is 168 Å². The van der Waals surface area contributed by atoms with E-state index < -0.39 is 17.7 Å². The third kappa shape index (κ3) is 3.94. The van der Waals surface area contributed by atoms with Gasteiger partial charge in [-0.05, 0) is 38.4 Å². The molecule has 1 aliphatic rings. The molecule has 1 aliphatic heterocycles. The molecule has 150 valence electrons. The molecule has 2 aromatic rings. The molecule has 2 heterocycles. The van der Waals surface area contributed by atoms with Crippen molar-refractivity contribution in [3.63, 3.8) is 0 Å². The average molecular weight is 403 g/mol. The van der Waals surface area contributed by atoms with E-state index in [-0.39, 0.29) is 18.9 Å². The van der Waals surface area contributed by atoms with E-state index in [9.17, 15) is 14.7 Å².